The number of ether oxygens (including phenoxy) is 4. The number of methoxy groups -OCH3 is 1. The van der Waals surface area contributed by atoms with E-state index in [1.54, 1.807) is 55.6 Å². The van der Waals surface area contributed by atoms with Crippen LogP contribution in [0.3, 0.4) is 0 Å². The summed E-state index contributed by atoms with van der Waals surface area (Å²) in [4.78, 5) is 12.2. The summed E-state index contributed by atoms with van der Waals surface area (Å²) in [6, 6.07) is 21.2. The summed E-state index contributed by atoms with van der Waals surface area (Å²) < 4.78 is 21.4. The molecule has 0 aliphatic rings. The second-order valence-corrected chi connectivity index (χ2v) is 5.81. The van der Waals surface area contributed by atoms with Crippen molar-refractivity contribution in [3.05, 3.63) is 96.8 Å². The minimum atomic E-state index is -0.436. The van der Waals surface area contributed by atoms with Crippen molar-refractivity contribution in [3.63, 3.8) is 0 Å². The van der Waals surface area contributed by atoms with Crippen LogP contribution in [0.15, 0.2) is 85.6 Å². The quantitative estimate of drug-likeness (QED) is 0.314. The fourth-order valence-electron chi connectivity index (χ4n) is 2.42. The molecular weight excluding hydrogens is 356 g/mol. The first-order valence-electron chi connectivity index (χ1n) is 8.63. The van der Waals surface area contributed by atoms with Crippen LogP contribution in [0.4, 0.5) is 0 Å². The van der Waals surface area contributed by atoms with Gasteiger partial charge in [0.2, 0.25) is 0 Å². The van der Waals surface area contributed by atoms with Crippen LogP contribution in [0.1, 0.15) is 15.9 Å². The molecule has 0 saturated carbocycles. The number of carbonyl (C=O) groups is 1. The van der Waals surface area contributed by atoms with Gasteiger partial charge >= 0.3 is 5.97 Å². The lowest BCUT2D eigenvalue weighted by Crippen LogP contribution is -2.08. The van der Waals surface area contributed by atoms with Gasteiger partial charge in [-0.25, -0.2) is 4.79 Å². The van der Waals surface area contributed by atoms with E-state index in [9.17, 15) is 4.79 Å². The van der Waals surface area contributed by atoms with Crippen LogP contribution < -0.4 is 18.9 Å². The fourth-order valence-corrected chi connectivity index (χ4v) is 2.42. The largest absolute Gasteiger partial charge is 0.497 e. The Morgan fingerprint density at radius 2 is 1.39 bits per heavy atom. The molecule has 0 saturated heterocycles. The highest BCUT2D eigenvalue weighted by molar-refractivity contribution is 5.91. The second-order valence-electron chi connectivity index (χ2n) is 5.81. The molecule has 142 valence electrons. The summed E-state index contributed by atoms with van der Waals surface area (Å²) >= 11 is 0. The van der Waals surface area contributed by atoms with E-state index in [0.717, 1.165) is 11.3 Å². The Labute approximate surface area is 163 Å². The van der Waals surface area contributed by atoms with Gasteiger partial charge in [0.15, 0.2) is 0 Å². The van der Waals surface area contributed by atoms with Crippen molar-refractivity contribution < 1.29 is 23.7 Å². The standard InChI is InChI=1S/C23H20O5/c1-3-26-20-8-4-17(5-9-20)16-27-21-10-6-18(7-11-21)23(24)28-22-14-12-19(25-2)13-15-22/h3-15H,1,16H2,2H3. The Balaban J connectivity index is 1.54. The molecule has 3 aromatic rings. The predicted octanol–water partition coefficient (Wildman–Crippen LogP) is 5.02. The maximum absolute atomic E-state index is 12.2. The first-order valence-corrected chi connectivity index (χ1v) is 8.63. The number of esters is 1. The van der Waals surface area contributed by atoms with Crippen molar-refractivity contribution in [1.82, 2.24) is 0 Å². The first-order chi connectivity index (χ1) is 13.7. The summed E-state index contributed by atoms with van der Waals surface area (Å²) in [5.74, 6) is 2.10. The van der Waals surface area contributed by atoms with Crippen molar-refractivity contribution in [2.75, 3.05) is 7.11 Å². The third-order valence-corrected chi connectivity index (χ3v) is 3.91. The van der Waals surface area contributed by atoms with Gasteiger partial charge in [-0.3, -0.25) is 0 Å². The van der Waals surface area contributed by atoms with Gasteiger partial charge in [-0.15, -0.1) is 0 Å². The molecule has 0 heterocycles. The lowest BCUT2D eigenvalue weighted by atomic mass is 10.2. The Morgan fingerprint density at radius 1 is 0.821 bits per heavy atom. The molecule has 0 aromatic heterocycles. The van der Waals surface area contributed by atoms with Gasteiger partial charge in [-0.1, -0.05) is 18.7 Å². The molecule has 0 aliphatic carbocycles. The molecule has 3 aromatic carbocycles. The molecule has 0 bridgehead atoms. The van der Waals surface area contributed by atoms with Gasteiger partial charge in [0.1, 0.15) is 29.6 Å². The smallest absolute Gasteiger partial charge is 0.343 e. The zero-order valence-electron chi connectivity index (χ0n) is 15.5. The van der Waals surface area contributed by atoms with E-state index in [1.165, 1.54) is 6.26 Å². The SMILES string of the molecule is C=COc1ccc(COc2ccc(C(=O)Oc3ccc(OC)cc3)cc2)cc1. The molecule has 5 nitrogen and oxygen atoms in total. The van der Waals surface area contributed by atoms with E-state index in [2.05, 4.69) is 6.58 Å². The molecular formula is C23H20O5. The number of benzene rings is 3. The summed E-state index contributed by atoms with van der Waals surface area (Å²) in [6.45, 7) is 3.93. The van der Waals surface area contributed by atoms with E-state index < -0.39 is 5.97 Å². The van der Waals surface area contributed by atoms with Gasteiger partial charge in [-0.05, 0) is 66.2 Å². The Kier molecular flexibility index (Phi) is 6.31. The Hall–Kier alpha value is -3.73. The molecule has 0 aliphatic heterocycles. The molecule has 0 spiro atoms. The number of hydrogen-bond acceptors (Lipinski definition) is 5. The highest BCUT2D eigenvalue weighted by Crippen LogP contribution is 2.20. The van der Waals surface area contributed by atoms with Crippen molar-refractivity contribution in [2.45, 2.75) is 6.61 Å². The highest BCUT2D eigenvalue weighted by atomic mass is 16.5. The van der Waals surface area contributed by atoms with Gasteiger partial charge in [0, 0.05) is 0 Å². The first kappa shape index (κ1) is 19.0. The van der Waals surface area contributed by atoms with Crippen LogP contribution in [0, 0.1) is 0 Å². The molecule has 28 heavy (non-hydrogen) atoms. The van der Waals surface area contributed by atoms with Gasteiger partial charge in [0.05, 0.1) is 18.9 Å². The lowest BCUT2D eigenvalue weighted by Gasteiger charge is -2.08. The van der Waals surface area contributed by atoms with E-state index in [1.807, 2.05) is 24.3 Å². The van der Waals surface area contributed by atoms with Crippen LogP contribution in [-0.4, -0.2) is 13.1 Å². The molecule has 0 amide bonds. The van der Waals surface area contributed by atoms with Crippen molar-refractivity contribution in [1.29, 1.82) is 0 Å². The van der Waals surface area contributed by atoms with E-state index >= 15 is 0 Å². The van der Waals surface area contributed by atoms with Crippen LogP contribution in [0.25, 0.3) is 0 Å². The van der Waals surface area contributed by atoms with Crippen LogP contribution in [0.5, 0.6) is 23.0 Å². The number of rotatable bonds is 8. The van der Waals surface area contributed by atoms with Crippen molar-refractivity contribution in [2.24, 2.45) is 0 Å². The van der Waals surface area contributed by atoms with Crippen LogP contribution in [0.2, 0.25) is 0 Å². The minimum absolute atomic E-state index is 0.407. The second kappa shape index (κ2) is 9.28. The van der Waals surface area contributed by atoms with E-state index in [-0.39, 0.29) is 0 Å². The zero-order valence-corrected chi connectivity index (χ0v) is 15.5. The number of carbonyl (C=O) groups excluding carboxylic acids is 1. The summed E-state index contributed by atoms with van der Waals surface area (Å²) in [7, 11) is 1.58. The third kappa shape index (κ3) is 5.14. The predicted molar refractivity (Wildman–Crippen MR) is 106 cm³/mol. The highest BCUT2D eigenvalue weighted by Gasteiger charge is 2.09. The van der Waals surface area contributed by atoms with Crippen molar-refractivity contribution >= 4 is 5.97 Å². The summed E-state index contributed by atoms with van der Waals surface area (Å²) in [6.07, 6.45) is 1.38. The average molecular weight is 376 g/mol. The maximum atomic E-state index is 12.2. The fraction of sp³-hybridized carbons (Fsp3) is 0.0870. The third-order valence-electron chi connectivity index (χ3n) is 3.91. The van der Waals surface area contributed by atoms with Gasteiger partial charge in [0.25, 0.3) is 0 Å². The monoisotopic (exact) mass is 376 g/mol. The number of hydrogen-bond donors (Lipinski definition) is 0. The lowest BCUT2D eigenvalue weighted by molar-refractivity contribution is 0.0734. The normalized spacial score (nSPS) is 10.0. The van der Waals surface area contributed by atoms with Crippen LogP contribution in [-0.2, 0) is 6.61 Å². The molecule has 0 atom stereocenters. The molecule has 0 fully saturated rings. The minimum Gasteiger partial charge on any atom is -0.497 e. The molecule has 0 unspecified atom stereocenters. The van der Waals surface area contributed by atoms with Gasteiger partial charge in [-0.2, -0.15) is 0 Å². The van der Waals surface area contributed by atoms with E-state index in [4.69, 9.17) is 18.9 Å². The zero-order chi connectivity index (χ0) is 19.8. The molecule has 5 heteroatoms. The van der Waals surface area contributed by atoms with Gasteiger partial charge < -0.3 is 18.9 Å². The van der Waals surface area contributed by atoms with E-state index in [0.29, 0.717) is 29.4 Å². The average Bonchev–Trinajstić information content (AvgIpc) is 2.74. The van der Waals surface area contributed by atoms with Crippen molar-refractivity contribution in [3.8, 4) is 23.0 Å². The molecule has 0 radical (unpaired) electrons. The maximum Gasteiger partial charge on any atom is 0.343 e. The Morgan fingerprint density at radius 3 is 2.00 bits per heavy atom. The Bertz CT molecular complexity index is 913. The topological polar surface area (TPSA) is 54.0 Å². The summed E-state index contributed by atoms with van der Waals surface area (Å²) in [5.41, 5.74) is 1.44. The molecule has 3 rings (SSSR count). The van der Waals surface area contributed by atoms with Crippen LogP contribution >= 0.6 is 0 Å². The molecule has 0 N–H and O–H groups in total. The summed E-state index contributed by atoms with van der Waals surface area (Å²) in [5, 5.41) is 0.